The van der Waals surface area contributed by atoms with E-state index in [9.17, 15) is 4.79 Å². The Bertz CT molecular complexity index is 631. The van der Waals surface area contributed by atoms with Crippen LogP contribution in [-0.2, 0) is 9.53 Å². The van der Waals surface area contributed by atoms with E-state index in [4.69, 9.17) is 4.74 Å². The first-order chi connectivity index (χ1) is 16.6. The lowest BCUT2D eigenvalue weighted by Gasteiger charge is -2.16. The second-order valence-corrected chi connectivity index (χ2v) is 9.10. The van der Waals surface area contributed by atoms with Gasteiger partial charge in [0, 0.05) is 6.42 Å². The van der Waals surface area contributed by atoms with Gasteiger partial charge in [0.2, 0.25) is 0 Å². The van der Waals surface area contributed by atoms with Crippen molar-refractivity contribution in [1.29, 1.82) is 0 Å². The molecule has 0 aromatic heterocycles. The normalized spacial score (nSPS) is 13.8. The monoisotopic (exact) mass is 468 g/mol. The number of esters is 1. The maximum atomic E-state index is 11.7. The predicted octanol–water partition coefficient (Wildman–Crippen LogP) is 10.0. The molecule has 0 aromatic rings. The Labute approximate surface area is 211 Å². The molecule has 0 spiro atoms. The fourth-order valence-electron chi connectivity index (χ4n) is 3.03. The predicted molar refractivity (Wildman–Crippen MR) is 151 cm³/mol. The van der Waals surface area contributed by atoms with Crippen molar-refractivity contribution in [3.05, 3.63) is 72.9 Å². The summed E-state index contributed by atoms with van der Waals surface area (Å²) in [4.78, 5) is 11.7. The van der Waals surface area contributed by atoms with Crippen LogP contribution in [0.4, 0.5) is 0 Å². The molecule has 0 radical (unpaired) electrons. The van der Waals surface area contributed by atoms with Gasteiger partial charge in [0.05, 0.1) is 0 Å². The second kappa shape index (κ2) is 25.5. The van der Waals surface area contributed by atoms with Crippen molar-refractivity contribution >= 4 is 5.97 Å². The Hall–Kier alpha value is -2.09. The summed E-state index contributed by atoms with van der Waals surface area (Å²) in [6.07, 6.45) is 40.7. The summed E-state index contributed by atoms with van der Waals surface area (Å²) < 4.78 is 5.37. The first-order valence-electron chi connectivity index (χ1n) is 13.7. The van der Waals surface area contributed by atoms with Crippen molar-refractivity contribution in [3.8, 4) is 0 Å². The van der Waals surface area contributed by atoms with E-state index in [0.717, 1.165) is 70.6 Å². The van der Waals surface area contributed by atoms with E-state index in [1.54, 1.807) is 0 Å². The zero-order valence-corrected chi connectivity index (χ0v) is 22.6. The number of hydrogen-bond acceptors (Lipinski definition) is 2. The molecule has 0 saturated heterocycles. The van der Waals surface area contributed by atoms with Crippen LogP contribution in [-0.4, -0.2) is 12.1 Å². The van der Waals surface area contributed by atoms with Crippen LogP contribution in [0.1, 0.15) is 111 Å². The average molecular weight is 469 g/mol. The molecular formula is C32H52O2. The molecule has 0 N–H and O–H groups in total. The quantitative estimate of drug-likeness (QED) is 0.0951. The second-order valence-electron chi connectivity index (χ2n) is 9.10. The lowest BCUT2D eigenvalue weighted by molar-refractivity contribution is -0.150. The third-order valence-corrected chi connectivity index (χ3v) is 5.51. The van der Waals surface area contributed by atoms with Gasteiger partial charge in [-0.3, -0.25) is 4.79 Å². The lowest BCUT2D eigenvalue weighted by atomic mass is 10.1. The molecule has 34 heavy (non-hydrogen) atoms. The van der Waals surface area contributed by atoms with Crippen LogP contribution in [0.15, 0.2) is 72.9 Å². The number of rotatable bonds is 21. The third-order valence-electron chi connectivity index (χ3n) is 5.51. The minimum absolute atomic E-state index is 0.000931. The molecule has 0 heterocycles. The maximum Gasteiger partial charge on any atom is 0.306 e. The number of unbranched alkanes of at least 4 members (excludes halogenated alkanes) is 5. The van der Waals surface area contributed by atoms with E-state index in [0.29, 0.717) is 12.3 Å². The van der Waals surface area contributed by atoms with E-state index in [1.165, 1.54) is 6.42 Å². The zero-order valence-electron chi connectivity index (χ0n) is 22.6. The van der Waals surface area contributed by atoms with Gasteiger partial charge in [-0.05, 0) is 89.9 Å². The minimum atomic E-state index is -0.0933. The van der Waals surface area contributed by atoms with E-state index in [2.05, 4.69) is 93.7 Å². The maximum absolute atomic E-state index is 11.7. The molecule has 192 valence electrons. The van der Waals surface area contributed by atoms with Crippen LogP contribution in [0, 0.1) is 5.92 Å². The molecule has 0 fully saturated rings. The SMILES string of the molecule is CC/C=C\CC/C=C\CC/C=C\CC/C=C\CC/C=C\CC/C=C\CCC(=O)OC(C)C(C)C. The lowest BCUT2D eigenvalue weighted by Crippen LogP contribution is -2.19. The number of allylic oxidation sites excluding steroid dienone is 12. The fraction of sp³-hybridized carbons (Fsp3) is 0.594. The topological polar surface area (TPSA) is 26.3 Å². The summed E-state index contributed by atoms with van der Waals surface area (Å²) in [7, 11) is 0. The average Bonchev–Trinajstić information content (AvgIpc) is 2.81. The molecule has 1 atom stereocenters. The highest BCUT2D eigenvalue weighted by Gasteiger charge is 2.11. The molecule has 0 saturated carbocycles. The Morgan fingerprint density at radius 3 is 1.12 bits per heavy atom. The van der Waals surface area contributed by atoms with Crippen LogP contribution in [0.3, 0.4) is 0 Å². The number of carbonyl (C=O) groups excluding carboxylic acids is 1. The number of ether oxygens (including phenoxy) is 1. The molecule has 0 aliphatic rings. The van der Waals surface area contributed by atoms with Crippen LogP contribution in [0.25, 0.3) is 0 Å². The molecule has 0 bridgehead atoms. The molecule has 0 aromatic carbocycles. The molecule has 0 amide bonds. The number of carbonyl (C=O) groups is 1. The summed E-state index contributed by atoms with van der Waals surface area (Å²) >= 11 is 0. The fourth-order valence-corrected chi connectivity index (χ4v) is 3.03. The van der Waals surface area contributed by atoms with E-state index < -0.39 is 0 Å². The highest BCUT2D eigenvalue weighted by atomic mass is 16.5. The Kier molecular flexibility index (Phi) is 24.0. The minimum Gasteiger partial charge on any atom is -0.462 e. The summed E-state index contributed by atoms with van der Waals surface area (Å²) in [6.45, 7) is 8.26. The van der Waals surface area contributed by atoms with Crippen LogP contribution in [0.2, 0.25) is 0 Å². The Balaban J connectivity index is 3.51. The standard InChI is InChI=1S/C32H52O2/c1-5-6-7-8-9-10-11-12-13-14-15-16-17-18-19-20-21-22-23-24-25-26-27-28-29-32(33)34-31(4)30(2)3/h6-7,10-11,14-15,18-19,22-23,26-27,30-31H,5,8-9,12-13,16-17,20-21,24-25,28-29H2,1-4H3/b7-6-,11-10-,15-14-,19-18-,23-22-,27-26-. The van der Waals surface area contributed by atoms with Gasteiger partial charge in [-0.15, -0.1) is 0 Å². The molecular weight excluding hydrogens is 416 g/mol. The summed E-state index contributed by atoms with van der Waals surface area (Å²) in [5.41, 5.74) is 0. The molecule has 0 rings (SSSR count). The summed E-state index contributed by atoms with van der Waals surface area (Å²) in [6, 6.07) is 0. The van der Waals surface area contributed by atoms with Crippen molar-refractivity contribution in [2.24, 2.45) is 5.92 Å². The molecule has 2 heteroatoms. The zero-order chi connectivity index (χ0) is 25.1. The van der Waals surface area contributed by atoms with Crippen LogP contribution >= 0.6 is 0 Å². The van der Waals surface area contributed by atoms with E-state index in [-0.39, 0.29) is 12.1 Å². The summed E-state index contributed by atoms with van der Waals surface area (Å²) in [5, 5.41) is 0. The highest BCUT2D eigenvalue weighted by Crippen LogP contribution is 2.08. The highest BCUT2D eigenvalue weighted by molar-refractivity contribution is 5.69. The van der Waals surface area contributed by atoms with Crippen molar-refractivity contribution in [2.45, 2.75) is 117 Å². The van der Waals surface area contributed by atoms with Crippen LogP contribution < -0.4 is 0 Å². The smallest absolute Gasteiger partial charge is 0.306 e. The van der Waals surface area contributed by atoms with Crippen molar-refractivity contribution in [1.82, 2.24) is 0 Å². The first kappa shape index (κ1) is 31.9. The van der Waals surface area contributed by atoms with Crippen molar-refractivity contribution in [3.63, 3.8) is 0 Å². The van der Waals surface area contributed by atoms with Crippen molar-refractivity contribution < 1.29 is 9.53 Å². The Morgan fingerprint density at radius 1 is 0.529 bits per heavy atom. The molecule has 2 nitrogen and oxygen atoms in total. The van der Waals surface area contributed by atoms with Gasteiger partial charge < -0.3 is 4.74 Å². The molecule has 0 aliphatic heterocycles. The molecule has 0 aliphatic carbocycles. The van der Waals surface area contributed by atoms with Gasteiger partial charge in [0.1, 0.15) is 6.10 Å². The van der Waals surface area contributed by atoms with Crippen LogP contribution in [0.5, 0.6) is 0 Å². The molecule has 1 unspecified atom stereocenters. The van der Waals surface area contributed by atoms with Gasteiger partial charge in [-0.1, -0.05) is 93.7 Å². The van der Waals surface area contributed by atoms with Crippen molar-refractivity contribution in [2.75, 3.05) is 0 Å². The Morgan fingerprint density at radius 2 is 0.824 bits per heavy atom. The van der Waals surface area contributed by atoms with E-state index in [1.807, 2.05) is 6.92 Å². The van der Waals surface area contributed by atoms with Gasteiger partial charge in [-0.2, -0.15) is 0 Å². The van der Waals surface area contributed by atoms with Gasteiger partial charge in [0.25, 0.3) is 0 Å². The first-order valence-corrected chi connectivity index (χ1v) is 13.7. The summed E-state index contributed by atoms with van der Waals surface area (Å²) in [5.74, 6) is 0.277. The largest absolute Gasteiger partial charge is 0.462 e. The van der Waals surface area contributed by atoms with Gasteiger partial charge >= 0.3 is 5.97 Å². The van der Waals surface area contributed by atoms with Gasteiger partial charge in [0.15, 0.2) is 0 Å². The van der Waals surface area contributed by atoms with E-state index >= 15 is 0 Å². The van der Waals surface area contributed by atoms with Gasteiger partial charge in [-0.25, -0.2) is 0 Å². The third kappa shape index (κ3) is 24.6. The number of hydrogen-bond donors (Lipinski definition) is 0.